The Hall–Kier alpha value is -3.21. The minimum absolute atomic E-state index is 0.110. The van der Waals surface area contributed by atoms with Gasteiger partial charge in [-0.25, -0.2) is 19.3 Å². The van der Waals surface area contributed by atoms with Crippen LogP contribution in [0.3, 0.4) is 0 Å². The van der Waals surface area contributed by atoms with Gasteiger partial charge < -0.3 is 16.0 Å². The highest BCUT2D eigenvalue weighted by Crippen LogP contribution is 2.23. The first kappa shape index (κ1) is 13.8. The number of fused-ring (bicyclic) bond motifs is 1. The second-order valence-corrected chi connectivity index (χ2v) is 4.74. The molecule has 0 radical (unpaired) electrons. The third kappa shape index (κ3) is 2.40. The van der Waals surface area contributed by atoms with Gasteiger partial charge in [-0.1, -0.05) is 0 Å². The maximum absolute atomic E-state index is 13.2. The first-order valence-corrected chi connectivity index (χ1v) is 6.50. The van der Waals surface area contributed by atoms with Crippen molar-refractivity contribution in [2.45, 2.75) is 13.0 Å². The lowest BCUT2D eigenvalue weighted by Gasteiger charge is -2.13. The number of nitrogens with one attached hydrogen (secondary N) is 2. The van der Waals surface area contributed by atoms with Crippen LogP contribution in [-0.2, 0) is 0 Å². The molecule has 2 aromatic heterocycles. The van der Waals surface area contributed by atoms with Gasteiger partial charge in [-0.15, -0.1) is 0 Å². The maximum Gasteiger partial charge on any atom is 0.150 e. The molecule has 4 N–H and O–H groups in total. The Morgan fingerprint density at radius 1 is 1.41 bits per heavy atom. The van der Waals surface area contributed by atoms with Crippen LogP contribution in [0.5, 0.6) is 0 Å². The van der Waals surface area contributed by atoms with Crippen molar-refractivity contribution >= 4 is 22.7 Å². The van der Waals surface area contributed by atoms with Crippen LogP contribution in [-0.4, -0.2) is 19.9 Å². The van der Waals surface area contributed by atoms with E-state index in [0.29, 0.717) is 22.7 Å². The van der Waals surface area contributed by atoms with Gasteiger partial charge in [0, 0.05) is 0 Å². The molecule has 8 heteroatoms. The van der Waals surface area contributed by atoms with Crippen LogP contribution in [0.4, 0.5) is 16.0 Å². The van der Waals surface area contributed by atoms with Crippen molar-refractivity contribution in [3.63, 3.8) is 0 Å². The topological polar surface area (TPSA) is 116 Å². The number of anilines is 2. The highest BCUT2D eigenvalue weighted by atomic mass is 19.1. The molecule has 0 saturated carbocycles. The molecule has 7 nitrogen and oxygen atoms in total. The molecule has 1 atom stereocenters. The number of rotatable bonds is 3. The van der Waals surface area contributed by atoms with Crippen LogP contribution < -0.4 is 11.1 Å². The van der Waals surface area contributed by atoms with Gasteiger partial charge in [0.05, 0.1) is 17.1 Å². The number of benzene rings is 1. The summed E-state index contributed by atoms with van der Waals surface area (Å²) in [6.45, 7) is 1.84. The molecule has 1 aromatic carbocycles. The molecule has 3 rings (SSSR count). The number of aromatic amines is 1. The minimum atomic E-state index is -0.335. The highest BCUT2D eigenvalue weighted by molar-refractivity contribution is 5.75. The van der Waals surface area contributed by atoms with Gasteiger partial charge in [-0.05, 0) is 25.1 Å². The Morgan fingerprint density at radius 2 is 2.23 bits per heavy atom. The molecular formula is C14H12FN7. The fourth-order valence-electron chi connectivity index (χ4n) is 2.10. The smallest absolute Gasteiger partial charge is 0.150 e. The van der Waals surface area contributed by atoms with E-state index in [4.69, 9.17) is 11.0 Å². The van der Waals surface area contributed by atoms with Crippen molar-refractivity contribution < 1.29 is 4.39 Å². The third-order valence-corrected chi connectivity index (χ3v) is 3.21. The molecular weight excluding hydrogens is 285 g/mol. The molecule has 2 heterocycles. The summed E-state index contributed by atoms with van der Waals surface area (Å²) in [5.74, 6) is 0.702. The lowest BCUT2D eigenvalue weighted by atomic mass is 10.2. The van der Waals surface area contributed by atoms with E-state index >= 15 is 0 Å². The minimum Gasteiger partial charge on any atom is -0.382 e. The summed E-state index contributed by atoms with van der Waals surface area (Å²) in [7, 11) is 0. The second kappa shape index (κ2) is 5.29. The molecule has 0 bridgehead atoms. The molecule has 3 aromatic rings. The molecule has 0 saturated heterocycles. The van der Waals surface area contributed by atoms with Crippen LogP contribution >= 0.6 is 0 Å². The predicted octanol–water partition coefficient (Wildman–Crippen LogP) is 2.12. The third-order valence-electron chi connectivity index (χ3n) is 3.21. The molecule has 110 valence electrons. The number of H-pyrrole nitrogens is 1. The number of imidazole rings is 1. The number of halogens is 1. The molecule has 22 heavy (non-hydrogen) atoms. The van der Waals surface area contributed by atoms with Gasteiger partial charge in [0.2, 0.25) is 0 Å². The Balaban J connectivity index is 1.92. The summed E-state index contributed by atoms with van der Waals surface area (Å²) in [5, 5.41) is 12.2. The van der Waals surface area contributed by atoms with E-state index < -0.39 is 0 Å². The monoisotopic (exact) mass is 297 g/mol. The summed E-state index contributed by atoms with van der Waals surface area (Å²) < 4.78 is 13.2. The van der Waals surface area contributed by atoms with Crippen molar-refractivity contribution in [2.24, 2.45) is 0 Å². The lowest BCUT2D eigenvalue weighted by molar-refractivity contribution is 0.629. The van der Waals surface area contributed by atoms with E-state index in [-0.39, 0.29) is 23.2 Å². The second-order valence-electron chi connectivity index (χ2n) is 4.74. The number of hydrogen-bond donors (Lipinski definition) is 3. The number of nitrogens with zero attached hydrogens (tertiary/aromatic N) is 4. The summed E-state index contributed by atoms with van der Waals surface area (Å²) in [6.07, 6.45) is 1.28. The summed E-state index contributed by atoms with van der Waals surface area (Å²) in [4.78, 5) is 15.2. The zero-order valence-electron chi connectivity index (χ0n) is 11.6. The van der Waals surface area contributed by atoms with Crippen molar-refractivity contribution in [1.82, 2.24) is 19.9 Å². The Bertz CT molecular complexity index is 881. The van der Waals surface area contributed by atoms with Crippen LogP contribution in [0.2, 0.25) is 0 Å². The molecule has 0 aliphatic carbocycles. The summed E-state index contributed by atoms with van der Waals surface area (Å²) >= 11 is 0. The van der Waals surface area contributed by atoms with Crippen molar-refractivity contribution in [3.8, 4) is 6.07 Å². The van der Waals surface area contributed by atoms with E-state index in [2.05, 4.69) is 25.3 Å². The van der Waals surface area contributed by atoms with E-state index in [1.165, 1.54) is 18.5 Å². The van der Waals surface area contributed by atoms with Crippen molar-refractivity contribution in [2.75, 3.05) is 11.1 Å². The first-order chi connectivity index (χ1) is 10.6. The molecule has 1 unspecified atom stereocenters. The van der Waals surface area contributed by atoms with Gasteiger partial charge >= 0.3 is 0 Å². The van der Waals surface area contributed by atoms with Gasteiger partial charge in [-0.2, -0.15) is 5.26 Å². The van der Waals surface area contributed by atoms with Gasteiger partial charge in [0.15, 0.2) is 0 Å². The number of hydrogen-bond acceptors (Lipinski definition) is 6. The van der Waals surface area contributed by atoms with Crippen LogP contribution in [0.1, 0.15) is 24.4 Å². The first-order valence-electron chi connectivity index (χ1n) is 6.50. The maximum atomic E-state index is 13.2. The van der Waals surface area contributed by atoms with Gasteiger partial charge in [0.25, 0.3) is 0 Å². The Morgan fingerprint density at radius 3 is 3.00 bits per heavy atom. The standard InChI is InChI=1S/C14H12FN7/c1-7(20-14-9(5-16)12(17)18-6-19-14)13-21-10-3-2-8(15)4-11(10)22-13/h2-4,6-7H,1H3,(H,21,22)(H3,17,18,19,20). The van der Waals surface area contributed by atoms with E-state index in [1.54, 1.807) is 6.07 Å². The van der Waals surface area contributed by atoms with E-state index in [1.807, 2.05) is 13.0 Å². The van der Waals surface area contributed by atoms with E-state index in [0.717, 1.165) is 0 Å². The number of nitrogens with two attached hydrogens (primary N) is 1. The molecule has 0 aliphatic rings. The van der Waals surface area contributed by atoms with Crippen LogP contribution in [0, 0.1) is 17.1 Å². The Kier molecular flexibility index (Phi) is 3.31. The fraction of sp³-hybridized carbons (Fsp3) is 0.143. The summed E-state index contributed by atoms with van der Waals surface area (Å²) in [6, 6.07) is 6.01. The zero-order valence-corrected chi connectivity index (χ0v) is 11.6. The summed E-state index contributed by atoms with van der Waals surface area (Å²) in [5.41, 5.74) is 7.09. The quantitative estimate of drug-likeness (QED) is 0.681. The molecule has 0 amide bonds. The number of nitriles is 1. The zero-order chi connectivity index (χ0) is 15.7. The van der Waals surface area contributed by atoms with Gasteiger partial charge in [0.1, 0.15) is 41.2 Å². The molecule has 0 fully saturated rings. The normalized spacial score (nSPS) is 12.0. The molecule has 0 spiro atoms. The fourth-order valence-corrected chi connectivity index (χ4v) is 2.10. The average Bonchev–Trinajstić information content (AvgIpc) is 2.90. The van der Waals surface area contributed by atoms with Crippen molar-refractivity contribution in [1.29, 1.82) is 5.26 Å². The Labute approximate surface area is 125 Å². The van der Waals surface area contributed by atoms with Crippen LogP contribution in [0.15, 0.2) is 24.5 Å². The van der Waals surface area contributed by atoms with Gasteiger partial charge in [-0.3, -0.25) is 0 Å². The van der Waals surface area contributed by atoms with Crippen LogP contribution in [0.25, 0.3) is 11.0 Å². The average molecular weight is 297 g/mol. The number of aromatic nitrogens is 4. The number of nitrogen functional groups attached to an aromatic ring is 1. The largest absolute Gasteiger partial charge is 0.382 e. The lowest BCUT2D eigenvalue weighted by Crippen LogP contribution is -2.12. The molecule has 0 aliphatic heterocycles. The predicted molar refractivity (Wildman–Crippen MR) is 79.2 cm³/mol. The SMILES string of the molecule is CC(Nc1ncnc(N)c1C#N)c1nc2ccc(F)cc2[nH]1. The highest BCUT2D eigenvalue weighted by Gasteiger charge is 2.15. The van der Waals surface area contributed by atoms with E-state index in [9.17, 15) is 4.39 Å². The van der Waals surface area contributed by atoms with Crippen molar-refractivity contribution in [3.05, 3.63) is 41.7 Å².